The molecule has 3 saturated heterocycles. The highest BCUT2D eigenvalue weighted by atomic mass is 19.4. The zero-order valence-electron chi connectivity index (χ0n) is 19.0. The standard InChI is InChI=1S/C25H33F3N2O3/c26-25(27,28)9-12-33-22-4-2-1-3-21(22)18-6-10-29(11-7-18)20-5-8-24(13-20)16-30(17-24)23(31)19-14-32-15-19/h1-4,18-20H,5-17H2/t20-/m1/s1. The van der Waals surface area contributed by atoms with Gasteiger partial charge in [0.1, 0.15) is 5.75 Å². The predicted molar refractivity (Wildman–Crippen MR) is 117 cm³/mol. The summed E-state index contributed by atoms with van der Waals surface area (Å²) in [6.07, 6.45) is 0.412. The van der Waals surface area contributed by atoms with Gasteiger partial charge in [-0.1, -0.05) is 18.2 Å². The van der Waals surface area contributed by atoms with Gasteiger partial charge in [0.2, 0.25) is 5.91 Å². The Morgan fingerprint density at radius 3 is 2.52 bits per heavy atom. The maximum Gasteiger partial charge on any atom is 0.392 e. The zero-order chi connectivity index (χ0) is 23.1. The molecule has 5 rings (SSSR count). The van der Waals surface area contributed by atoms with Crippen LogP contribution in [0, 0.1) is 11.3 Å². The van der Waals surface area contributed by atoms with Crippen LogP contribution in [0.1, 0.15) is 50.0 Å². The summed E-state index contributed by atoms with van der Waals surface area (Å²) >= 11 is 0. The SMILES string of the molecule is O=C(C1COC1)N1CC2(CC[C@@H](N3CCC(c4ccccc4OCCC(F)(F)F)CC3)C2)C1. The minimum atomic E-state index is -4.20. The molecule has 0 bridgehead atoms. The van der Waals surface area contributed by atoms with Crippen molar-refractivity contribution >= 4 is 5.91 Å². The number of carbonyl (C=O) groups is 1. The van der Waals surface area contributed by atoms with Crippen molar-refractivity contribution in [3.05, 3.63) is 29.8 Å². The van der Waals surface area contributed by atoms with Crippen LogP contribution in [-0.4, -0.2) is 73.9 Å². The summed E-state index contributed by atoms with van der Waals surface area (Å²) in [6, 6.07) is 8.13. The second-order valence-corrected chi connectivity index (χ2v) is 10.4. The molecular weight excluding hydrogens is 433 g/mol. The molecule has 1 aliphatic carbocycles. The van der Waals surface area contributed by atoms with E-state index in [0.29, 0.717) is 36.3 Å². The third-order valence-corrected chi connectivity index (χ3v) is 8.08. The molecule has 182 valence electrons. The number of carbonyl (C=O) groups excluding carboxylic acids is 1. The molecule has 1 spiro atoms. The minimum Gasteiger partial charge on any atom is -0.493 e. The molecule has 4 fully saturated rings. The molecular formula is C25H33F3N2O3. The van der Waals surface area contributed by atoms with Crippen molar-refractivity contribution in [1.29, 1.82) is 0 Å². The lowest BCUT2D eigenvalue weighted by Crippen LogP contribution is -2.61. The fourth-order valence-electron chi connectivity index (χ4n) is 6.13. The number of amides is 1. The third-order valence-electron chi connectivity index (χ3n) is 8.08. The Hall–Kier alpha value is -1.80. The van der Waals surface area contributed by atoms with Crippen LogP contribution in [0.3, 0.4) is 0 Å². The molecule has 0 N–H and O–H groups in total. The largest absolute Gasteiger partial charge is 0.493 e. The first kappa shape index (κ1) is 23.0. The van der Waals surface area contributed by atoms with Gasteiger partial charge in [0.25, 0.3) is 0 Å². The van der Waals surface area contributed by atoms with Crippen LogP contribution in [0.25, 0.3) is 0 Å². The van der Waals surface area contributed by atoms with Gasteiger partial charge in [-0.15, -0.1) is 0 Å². The predicted octanol–water partition coefficient (Wildman–Crippen LogP) is 4.22. The van der Waals surface area contributed by atoms with Crippen LogP contribution in [-0.2, 0) is 9.53 Å². The number of alkyl halides is 3. The lowest BCUT2D eigenvalue weighted by molar-refractivity contribution is -0.161. The average Bonchev–Trinajstić information content (AvgIpc) is 3.17. The van der Waals surface area contributed by atoms with E-state index < -0.39 is 12.6 Å². The molecule has 3 heterocycles. The molecule has 8 heteroatoms. The second-order valence-electron chi connectivity index (χ2n) is 10.4. The van der Waals surface area contributed by atoms with Crippen molar-refractivity contribution in [2.45, 2.75) is 56.7 Å². The Bertz CT molecular complexity index is 844. The molecule has 0 radical (unpaired) electrons. The summed E-state index contributed by atoms with van der Waals surface area (Å²) in [7, 11) is 0. The molecule has 33 heavy (non-hydrogen) atoms. The van der Waals surface area contributed by atoms with E-state index in [4.69, 9.17) is 9.47 Å². The zero-order valence-corrected chi connectivity index (χ0v) is 19.0. The van der Waals surface area contributed by atoms with E-state index >= 15 is 0 Å². The normalized spacial score (nSPS) is 26.3. The smallest absolute Gasteiger partial charge is 0.392 e. The van der Waals surface area contributed by atoms with E-state index in [-0.39, 0.29) is 18.4 Å². The van der Waals surface area contributed by atoms with Gasteiger partial charge in [-0.3, -0.25) is 4.79 Å². The maximum atomic E-state index is 12.5. The van der Waals surface area contributed by atoms with E-state index in [0.717, 1.165) is 44.6 Å². The quantitative estimate of drug-likeness (QED) is 0.630. The molecule has 4 aliphatic rings. The number of piperidine rings is 1. The fourth-order valence-corrected chi connectivity index (χ4v) is 6.13. The molecule has 0 aromatic heterocycles. The first-order valence-electron chi connectivity index (χ1n) is 12.2. The molecule has 3 aliphatic heterocycles. The summed E-state index contributed by atoms with van der Waals surface area (Å²) < 4.78 is 48.2. The molecule has 0 unspecified atom stereocenters. The second kappa shape index (κ2) is 9.10. The van der Waals surface area contributed by atoms with Gasteiger partial charge in [-0.25, -0.2) is 0 Å². The number of likely N-dealkylation sites (tertiary alicyclic amines) is 2. The number of nitrogens with zero attached hydrogens (tertiary/aromatic N) is 2. The highest BCUT2D eigenvalue weighted by Gasteiger charge is 2.52. The fraction of sp³-hybridized carbons (Fsp3) is 0.720. The van der Waals surface area contributed by atoms with Crippen molar-refractivity contribution < 1.29 is 27.4 Å². The summed E-state index contributed by atoms with van der Waals surface area (Å²) in [6.45, 7) is 4.63. The van der Waals surface area contributed by atoms with Crippen molar-refractivity contribution in [2.75, 3.05) is 46.0 Å². The number of hydrogen-bond acceptors (Lipinski definition) is 4. The number of ether oxygens (including phenoxy) is 2. The highest BCUT2D eigenvalue weighted by Crippen LogP contribution is 2.48. The Kier molecular flexibility index (Phi) is 6.33. The van der Waals surface area contributed by atoms with Crippen LogP contribution in [0.4, 0.5) is 13.2 Å². The number of halogens is 3. The van der Waals surface area contributed by atoms with Gasteiger partial charge < -0.3 is 19.3 Å². The van der Waals surface area contributed by atoms with Gasteiger partial charge in [-0.2, -0.15) is 13.2 Å². The molecule has 1 aromatic rings. The van der Waals surface area contributed by atoms with Crippen molar-refractivity contribution in [1.82, 2.24) is 9.80 Å². The van der Waals surface area contributed by atoms with E-state index in [1.165, 1.54) is 19.3 Å². The molecule has 5 nitrogen and oxygen atoms in total. The first-order valence-corrected chi connectivity index (χ1v) is 12.2. The maximum absolute atomic E-state index is 12.5. The first-order chi connectivity index (χ1) is 15.8. The molecule has 1 aromatic carbocycles. The van der Waals surface area contributed by atoms with Gasteiger partial charge in [0, 0.05) is 24.5 Å². The lowest BCUT2D eigenvalue weighted by atomic mass is 9.77. The average molecular weight is 467 g/mol. The summed E-state index contributed by atoms with van der Waals surface area (Å²) in [4.78, 5) is 17.0. The summed E-state index contributed by atoms with van der Waals surface area (Å²) in [5.74, 6) is 1.27. The van der Waals surface area contributed by atoms with Crippen LogP contribution in [0.2, 0.25) is 0 Å². The van der Waals surface area contributed by atoms with Gasteiger partial charge in [0.15, 0.2) is 0 Å². The van der Waals surface area contributed by atoms with E-state index in [1.54, 1.807) is 6.07 Å². The van der Waals surface area contributed by atoms with Gasteiger partial charge >= 0.3 is 6.18 Å². The third kappa shape index (κ3) is 5.02. The van der Waals surface area contributed by atoms with E-state index in [9.17, 15) is 18.0 Å². The molecule has 1 atom stereocenters. The van der Waals surface area contributed by atoms with E-state index in [2.05, 4.69) is 4.90 Å². The summed E-state index contributed by atoms with van der Waals surface area (Å²) in [5, 5.41) is 0. The number of para-hydroxylation sites is 1. The van der Waals surface area contributed by atoms with E-state index in [1.807, 2.05) is 23.1 Å². The molecule has 1 amide bonds. The topological polar surface area (TPSA) is 42.0 Å². The lowest BCUT2D eigenvalue weighted by Gasteiger charge is -2.50. The Labute approximate surface area is 193 Å². The number of hydrogen-bond donors (Lipinski definition) is 0. The summed E-state index contributed by atoms with van der Waals surface area (Å²) in [5.41, 5.74) is 1.34. The number of rotatable bonds is 6. The minimum absolute atomic E-state index is 0.0823. The van der Waals surface area contributed by atoms with Crippen molar-refractivity contribution in [3.8, 4) is 5.75 Å². The van der Waals surface area contributed by atoms with Crippen LogP contribution >= 0.6 is 0 Å². The van der Waals surface area contributed by atoms with Crippen molar-refractivity contribution in [2.24, 2.45) is 11.3 Å². The Balaban J connectivity index is 1.10. The van der Waals surface area contributed by atoms with Crippen LogP contribution in [0.15, 0.2) is 24.3 Å². The van der Waals surface area contributed by atoms with Crippen LogP contribution in [0.5, 0.6) is 5.75 Å². The van der Waals surface area contributed by atoms with Crippen LogP contribution < -0.4 is 4.74 Å². The monoisotopic (exact) mass is 466 g/mol. The Morgan fingerprint density at radius 1 is 1.12 bits per heavy atom. The molecule has 1 saturated carbocycles. The Morgan fingerprint density at radius 2 is 1.85 bits per heavy atom. The number of benzene rings is 1. The van der Waals surface area contributed by atoms with Gasteiger partial charge in [0.05, 0.1) is 32.2 Å². The van der Waals surface area contributed by atoms with Gasteiger partial charge in [-0.05, 0) is 62.7 Å². The van der Waals surface area contributed by atoms with Crippen molar-refractivity contribution in [3.63, 3.8) is 0 Å². The highest BCUT2D eigenvalue weighted by molar-refractivity contribution is 5.80.